The Bertz CT molecular complexity index is 141. The first-order chi connectivity index (χ1) is 6.83. The number of ether oxygens (including phenoxy) is 2. The Hall–Kier alpha value is 0.137. The molecule has 2 nitrogen and oxygen atoms in total. The summed E-state index contributed by atoms with van der Waals surface area (Å²) in [6, 6.07) is 2.87. The first-order valence-electron chi connectivity index (χ1n) is 6.05. The predicted molar refractivity (Wildman–Crippen MR) is 62.9 cm³/mol. The van der Waals surface area contributed by atoms with Crippen LogP contribution in [0.3, 0.4) is 0 Å². The molecule has 0 aromatic heterocycles. The summed E-state index contributed by atoms with van der Waals surface area (Å²) < 4.78 is 11.3. The van der Waals surface area contributed by atoms with Crippen LogP contribution in [0, 0.1) is 0 Å². The summed E-state index contributed by atoms with van der Waals surface area (Å²) in [6.45, 7) is 7.17. The van der Waals surface area contributed by atoms with E-state index < -0.39 is 0 Å². The smallest absolute Gasteiger partial charge is 0.0934 e. The first kappa shape index (κ1) is 12.2. The van der Waals surface area contributed by atoms with Crippen molar-refractivity contribution < 1.29 is 9.47 Å². The van der Waals surface area contributed by atoms with Crippen LogP contribution in [0.25, 0.3) is 0 Å². The van der Waals surface area contributed by atoms with Gasteiger partial charge in [-0.05, 0) is 12.8 Å². The van der Waals surface area contributed by atoms with Crippen molar-refractivity contribution in [3.8, 4) is 0 Å². The average molecular weight is 216 g/mol. The Morgan fingerprint density at radius 3 is 2.71 bits per heavy atom. The van der Waals surface area contributed by atoms with Gasteiger partial charge in [-0.1, -0.05) is 25.9 Å². The lowest BCUT2D eigenvalue weighted by molar-refractivity contribution is -0.182. The second kappa shape index (κ2) is 6.59. The van der Waals surface area contributed by atoms with Crippen molar-refractivity contribution in [1.82, 2.24) is 0 Å². The van der Waals surface area contributed by atoms with Gasteiger partial charge >= 0.3 is 0 Å². The maximum Gasteiger partial charge on any atom is 0.0934 e. The molecule has 0 bridgehead atoms. The highest BCUT2D eigenvalue weighted by Crippen LogP contribution is 2.29. The lowest BCUT2D eigenvalue weighted by atomic mass is 9.93. The average Bonchev–Trinajstić information content (AvgIpc) is 2.15. The minimum atomic E-state index is 0.0994. The van der Waals surface area contributed by atoms with Crippen LogP contribution in [0.5, 0.6) is 0 Å². The van der Waals surface area contributed by atoms with E-state index in [1.54, 1.807) is 0 Å². The second-order valence-electron chi connectivity index (χ2n) is 4.25. The minimum Gasteiger partial charge on any atom is -0.378 e. The topological polar surface area (TPSA) is 18.5 Å². The molecule has 1 aliphatic heterocycles. The van der Waals surface area contributed by atoms with E-state index in [2.05, 4.69) is 13.8 Å². The summed E-state index contributed by atoms with van der Waals surface area (Å²) in [6.07, 6.45) is 3.55. The van der Waals surface area contributed by atoms with Crippen LogP contribution in [-0.4, -0.2) is 34.9 Å². The van der Waals surface area contributed by atoms with Crippen LogP contribution in [-0.2, 0) is 9.47 Å². The fourth-order valence-corrected chi connectivity index (χ4v) is 2.83. The zero-order valence-corrected chi connectivity index (χ0v) is 11.1. The molecule has 1 atom stereocenters. The summed E-state index contributed by atoms with van der Waals surface area (Å²) in [7, 11) is 0.252. The Labute approximate surface area is 90.2 Å². The van der Waals surface area contributed by atoms with Crippen molar-refractivity contribution in [2.45, 2.75) is 50.8 Å². The highest BCUT2D eigenvalue weighted by molar-refractivity contribution is 6.35. The molecular formula is C11H24O2Si. The first-order valence-corrected chi connectivity index (χ1v) is 8.05. The molecule has 0 aromatic rings. The van der Waals surface area contributed by atoms with E-state index >= 15 is 0 Å². The fourth-order valence-electron chi connectivity index (χ4n) is 1.77. The van der Waals surface area contributed by atoms with Gasteiger partial charge in [0, 0.05) is 22.5 Å². The molecule has 14 heavy (non-hydrogen) atoms. The van der Waals surface area contributed by atoms with Gasteiger partial charge < -0.3 is 9.47 Å². The molecule has 0 aliphatic carbocycles. The van der Waals surface area contributed by atoms with E-state index in [1.165, 1.54) is 24.9 Å². The van der Waals surface area contributed by atoms with Crippen molar-refractivity contribution in [3.63, 3.8) is 0 Å². The van der Waals surface area contributed by atoms with Gasteiger partial charge in [0.1, 0.15) is 0 Å². The molecule has 0 spiro atoms. The predicted octanol–water partition coefficient (Wildman–Crippen LogP) is 1.99. The molecule has 1 fully saturated rings. The van der Waals surface area contributed by atoms with E-state index in [1.807, 2.05) is 0 Å². The van der Waals surface area contributed by atoms with Gasteiger partial charge in [-0.15, -0.1) is 0 Å². The van der Waals surface area contributed by atoms with Crippen molar-refractivity contribution in [2.24, 2.45) is 0 Å². The van der Waals surface area contributed by atoms with Gasteiger partial charge in [0.2, 0.25) is 0 Å². The van der Waals surface area contributed by atoms with Gasteiger partial charge in [0.15, 0.2) is 0 Å². The largest absolute Gasteiger partial charge is 0.378 e. The van der Waals surface area contributed by atoms with E-state index in [0.29, 0.717) is 0 Å². The third-order valence-electron chi connectivity index (χ3n) is 3.12. The molecule has 0 N–H and O–H groups in total. The summed E-state index contributed by atoms with van der Waals surface area (Å²) in [5.74, 6) is 0. The molecule has 0 saturated carbocycles. The van der Waals surface area contributed by atoms with Crippen molar-refractivity contribution in [1.29, 1.82) is 0 Å². The Kier molecular flexibility index (Phi) is 5.75. The number of hydrogen-bond acceptors (Lipinski definition) is 2. The Morgan fingerprint density at radius 1 is 1.43 bits per heavy atom. The summed E-state index contributed by atoms with van der Waals surface area (Å²) >= 11 is 0. The monoisotopic (exact) mass is 216 g/mol. The lowest BCUT2D eigenvalue weighted by Crippen LogP contribution is -2.47. The van der Waals surface area contributed by atoms with Gasteiger partial charge in [-0.3, -0.25) is 0 Å². The normalized spacial score (nSPS) is 27.0. The van der Waals surface area contributed by atoms with Gasteiger partial charge in [0.05, 0.1) is 18.8 Å². The summed E-state index contributed by atoms with van der Waals surface area (Å²) in [5.41, 5.74) is 0.0994. The number of rotatable bonds is 8. The van der Waals surface area contributed by atoms with Gasteiger partial charge in [-0.25, -0.2) is 0 Å². The molecule has 0 amide bonds. The van der Waals surface area contributed by atoms with Crippen LogP contribution in [0.1, 0.15) is 33.1 Å². The quantitative estimate of drug-likeness (QED) is 0.456. The maximum absolute atomic E-state index is 5.68. The molecule has 0 radical (unpaired) electrons. The molecule has 84 valence electrons. The SMILES string of the molecule is CC[SiH2]CCCOCC1(CC)CCO1. The summed E-state index contributed by atoms with van der Waals surface area (Å²) in [4.78, 5) is 0. The van der Waals surface area contributed by atoms with Crippen molar-refractivity contribution >= 4 is 9.52 Å². The standard InChI is InChI=1S/C11H24O2Si/c1-3-11(6-8-13-11)10-12-7-5-9-14-4-2/h3-10,14H2,1-2H3. The maximum atomic E-state index is 5.68. The van der Waals surface area contributed by atoms with Gasteiger partial charge in [-0.2, -0.15) is 0 Å². The van der Waals surface area contributed by atoms with E-state index in [4.69, 9.17) is 9.47 Å². The molecule has 1 unspecified atom stereocenters. The van der Waals surface area contributed by atoms with E-state index in [0.717, 1.165) is 26.2 Å². The Balaban J connectivity index is 1.92. The third-order valence-corrected chi connectivity index (χ3v) is 4.82. The molecule has 1 saturated heterocycles. The summed E-state index contributed by atoms with van der Waals surface area (Å²) in [5, 5.41) is 0. The van der Waals surface area contributed by atoms with Crippen LogP contribution in [0.15, 0.2) is 0 Å². The molecule has 1 aliphatic rings. The second-order valence-corrected chi connectivity index (χ2v) is 6.66. The highest BCUT2D eigenvalue weighted by atomic mass is 28.2. The van der Waals surface area contributed by atoms with E-state index in [9.17, 15) is 0 Å². The van der Waals surface area contributed by atoms with E-state index in [-0.39, 0.29) is 15.1 Å². The fraction of sp³-hybridized carbons (Fsp3) is 1.00. The minimum absolute atomic E-state index is 0.0994. The molecule has 0 aromatic carbocycles. The molecule has 1 heterocycles. The number of hydrogen-bond donors (Lipinski definition) is 0. The zero-order valence-electron chi connectivity index (χ0n) is 9.68. The van der Waals surface area contributed by atoms with Crippen molar-refractivity contribution in [2.75, 3.05) is 19.8 Å². The third kappa shape index (κ3) is 3.71. The molecule has 1 rings (SSSR count). The van der Waals surface area contributed by atoms with Crippen LogP contribution in [0.2, 0.25) is 12.1 Å². The van der Waals surface area contributed by atoms with Crippen LogP contribution < -0.4 is 0 Å². The zero-order chi connectivity index (χ0) is 10.3. The lowest BCUT2D eigenvalue weighted by Gasteiger charge is -2.40. The molecule has 3 heteroatoms. The molecular weight excluding hydrogens is 192 g/mol. The highest BCUT2D eigenvalue weighted by Gasteiger charge is 2.36. The van der Waals surface area contributed by atoms with Crippen LogP contribution in [0.4, 0.5) is 0 Å². The Morgan fingerprint density at radius 2 is 2.21 bits per heavy atom. The van der Waals surface area contributed by atoms with Gasteiger partial charge in [0.25, 0.3) is 0 Å². The van der Waals surface area contributed by atoms with Crippen LogP contribution >= 0.6 is 0 Å². The van der Waals surface area contributed by atoms with Crippen molar-refractivity contribution in [3.05, 3.63) is 0 Å².